The summed E-state index contributed by atoms with van der Waals surface area (Å²) in [5.41, 5.74) is 5.28. The van der Waals surface area contributed by atoms with Gasteiger partial charge in [0.25, 0.3) is 0 Å². The van der Waals surface area contributed by atoms with Crippen LogP contribution in [0.5, 0.6) is 0 Å². The van der Waals surface area contributed by atoms with Crippen LogP contribution >= 0.6 is 0 Å². The summed E-state index contributed by atoms with van der Waals surface area (Å²) in [4.78, 5) is 4.57. The maximum Gasteiger partial charge on any atom is 0.131 e. The van der Waals surface area contributed by atoms with Crippen molar-refractivity contribution in [3.63, 3.8) is 0 Å². The van der Waals surface area contributed by atoms with Crippen molar-refractivity contribution in [2.75, 3.05) is 0 Å². The molecule has 0 saturated heterocycles. The zero-order chi connectivity index (χ0) is 14.7. The summed E-state index contributed by atoms with van der Waals surface area (Å²) in [5, 5.41) is 0. The molecule has 0 fully saturated rings. The highest BCUT2D eigenvalue weighted by molar-refractivity contribution is 5.95. The standard InChI is InChI=1S/C18H18FN/c1-5-13(3)20-18-12(2)10-11-15(14(18)4)16-8-6-7-9-17(16)19/h5-11H,1H2,2-4H3/b20-13-. The summed E-state index contributed by atoms with van der Waals surface area (Å²) in [6, 6.07) is 10.7. The van der Waals surface area contributed by atoms with Gasteiger partial charge in [0.15, 0.2) is 0 Å². The van der Waals surface area contributed by atoms with Gasteiger partial charge in [-0.25, -0.2) is 4.39 Å². The first-order chi connectivity index (χ1) is 9.54. The highest BCUT2D eigenvalue weighted by atomic mass is 19.1. The highest BCUT2D eigenvalue weighted by Crippen LogP contribution is 2.34. The molecule has 0 aliphatic heterocycles. The van der Waals surface area contributed by atoms with E-state index in [0.717, 1.165) is 28.1 Å². The van der Waals surface area contributed by atoms with Crippen LogP contribution in [-0.4, -0.2) is 5.71 Å². The van der Waals surface area contributed by atoms with Crippen molar-refractivity contribution in [3.8, 4) is 11.1 Å². The zero-order valence-electron chi connectivity index (χ0n) is 12.1. The Labute approximate surface area is 119 Å². The van der Waals surface area contributed by atoms with E-state index in [1.165, 1.54) is 6.07 Å². The van der Waals surface area contributed by atoms with Crippen molar-refractivity contribution in [1.29, 1.82) is 0 Å². The minimum atomic E-state index is -0.213. The van der Waals surface area contributed by atoms with Gasteiger partial charge in [-0.2, -0.15) is 0 Å². The molecule has 0 radical (unpaired) electrons. The van der Waals surface area contributed by atoms with Gasteiger partial charge < -0.3 is 0 Å². The van der Waals surface area contributed by atoms with Crippen molar-refractivity contribution in [2.24, 2.45) is 4.99 Å². The van der Waals surface area contributed by atoms with Gasteiger partial charge in [-0.3, -0.25) is 4.99 Å². The van der Waals surface area contributed by atoms with Gasteiger partial charge in [0, 0.05) is 11.3 Å². The summed E-state index contributed by atoms with van der Waals surface area (Å²) in [6.07, 6.45) is 1.72. The number of rotatable bonds is 3. The summed E-state index contributed by atoms with van der Waals surface area (Å²) in [6.45, 7) is 9.61. The number of halogens is 1. The Morgan fingerprint density at radius 1 is 1.10 bits per heavy atom. The third kappa shape index (κ3) is 2.69. The predicted octanol–water partition coefficient (Wildman–Crippen LogP) is 5.39. The van der Waals surface area contributed by atoms with E-state index < -0.39 is 0 Å². The van der Waals surface area contributed by atoms with Crippen LogP contribution in [0.15, 0.2) is 54.0 Å². The van der Waals surface area contributed by atoms with Crippen LogP contribution in [0, 0.1) is 19.7 Å². The van der Waals surface area contributed by atoms with Crippen LogP contribution < -0.4 is 0 Å². The molecular formula is C18H18FN. The second kappa shape index (κ2) is 5.83. The van der Waals surface area contributed by atoms with Gasteiger partial charge in [0.1, 0.15) is 5.82 Å². The van der Waals surface area contributed by atoms with E-state index >= 15 is 0 Å². The van der Waals surface area contributed by atoms with Crippen LogP contribution in [0.25, 0.3) is 11.1 Å². The molecule has 2 heteroatoms. The molecule has 0 amide bonds. The van der Waals surface area contributed by atoms with E-state index in [4.69, 9.17) is 0 Å². The van der Waals surface area contributed by atoms with Gasteiger partial charge >= 0.3 is 0 Å². The van der Waals surface area contributed by atoms with Gasteiger partial charge in [-0.15, -0.1) is 0 Å². The van der Waals surface area contributed by atoms with E-state index in [-0.39, 0.29) is 5.82 Å². The third-order valence-corrected chi connectivity index (χ3v) is 3.38. The normalized spacial score (nSPS) is 11.5. The molecule has 0 aliphatic rings. The molecule has 0 unspecified atom stereocenters. The van der Waals surface area contributed by atoms with Crippen molar-refractivity contribution >= 4 is 11.4 Å². The Morgan fingerprint density at radius 3 is 2.45 bits per heavy atom. The highest BCUT2D eigenvalue weighted by Gasteiger charge is 2.11. The van der Waals surface area contributed by atoms with Gasteiger partial charge in [0.2, 0.25) is 0 Å². The van der Waals surface area contributed by atoms with E-state index in [9.17, 15) is 4.39 Å². The lowest BCUT2D eigenvalue weighted by atomic mass is 9.96. The number of aliphatic imine (C=N–C) groups is 1. The fourth-order valence-corrected chi connectivity index (χ4v) is 2.20. The Bertz CT molecular complexity index is 684. The molecule has 0 bridgehead atoms. The number of nitrogens with zero attached hydrogens (tertiary/aromatic N) is 1. The predicted molar refractivity (Wildman–Crippen MR) is 84.3 cm³/mol. The number of allylic oxidation sites excluding steroid dienone is 1. The number of benzene rings is 2. The Balaban J connectivity index is 2.67. The minimum absolute atomic E-state index is 0.213. The number of hydrogen-bond donors (Lipinski definition) is 0. The average molecular weight is 267 g/mol. The number of aryl methyl sites for hydroxylation is 1. The molecule has 1 nitrogen and oxygen atoms in total. The van der Waals surface area contributed by atoms with Crippen LogP contribution in [0.1, 0.15) is 18.1 Å². The van der Waals surface area contributed by atoms with Crippen LogP contribution in [0.2, 0.25) is 0 Å². The largest absolute Gasteiger partial charge is 0.253 e. The van der Waals surface area contributed by atoms with Crippen LogP contribution in [0.4, 0.5) is 10.1 Å². The minimum Gasteiger partial charge on any atom is -0.253 e. The van der Waals surface area contributed by atoms with E-state index in [2.05, 4.69) is 11.6 Å². The first-order valence-corrected chi connectivity index (χ1v) is 6.57. The first-order valence-electron chi connectivity index (χ1n) is 6.57. The Hall–Kier alpha value is -2.22. The van der Waals surface area contributed by atoms with Crippen LogP contribution in [0.3, 0.4) is 0 Å². The molecule has 0 heterocycles. The Morgan fingerprint density at radius 2 is 1.80 bits per heavy atom. The van der Waals surface area contributed by atoms with Crippen molar-refractivity contribution in [1.82, 2.24) is 0 Å². The maximum atomic E-state index is 14.0. The molecule has 0 atom stereocenters. The van der Waals surface area contributed by atoms with E-state index in [0.29, 0.717) is 5.56 Å². The molecule has 102 valence electrons. The number of hydrogen-bond acceptors (Lipinski definition) is 1. The molecular weight excluding hydrogens is 249 g/mol. The summed E-state index contributed by atoms with van der Waals surface area (Å²) < 4.78 is 14.0. The Kier molecular flexibility index (Phi) is 4.14. The van der Waals surface area contributed by atoms with Crippen molar-refractivity contribution in [2.45, 2.75) is 20.8 Å². The second-order valence-corrected chi connectivity index (χ2v) is 4.84. The smallest absolute Gasteiger partial charge is 0.131 e. The maximum absolute atomic E-state index is 14.0. The SMILES string of the molecule is C=C/C(C)=N\c1c(C)ccc(-c2ccccc2F)c1C. The lowest BCUT2D eigenvalue weighted by molar-refractivity contribution is 0.631. The fraction of sp³-hybridized carbons (Fsp3) is 0.167. The lowest BCUT2D eigenvalue weighted by Gasteiger charge is -2.12. The van der Waals surface area contributed by atoms with E-state index in [1.807, 2.05) is 39.0 Å². The molecule has 2 aromatic carbocycles. The average Bonchev–Trinajstić information content (AvgIpc) is 2.44. The van der Waals surface area contributed by atoms with Crippen molar-refractivity contribution < 1.29 is 4.39 Å². The van der Waals surface area contributed by atoms with E-state index in [1.54, 1.807) is 18.2 Å². The van der Waals surface area contributed by atoms with Gasteiger partial charge in [0.05, 0.1) is 5.69 Å². The van der Waals surface area contributed by atoms with Gasteiger partial charge in [-0.1, -0.05) is 36.9 Å². The zero-order valence-corrected chi connectivity index (χ0v) is 12.1. The monoisotopic (exact) mass is 267 g/mol. The van der Waals surface area contributed by atoms with Crippen molar-refractivity contribution in [3.05, 3.63) is 66.0 Å². The fourth-order valence-electron chi connectivity index (χ4n) is 2.20. The summed E-state index contributed by atoms with van der Waals surface area (Å²) in [5.74, 6) is -0.213. The summed E-state index contributed by atoms with van der Waals surface area (Å²) >= 11 is 0. The molecule has 0 aliphatic carbocycles. The van der Waals surface area contributed by atoms with Crippen LogP contribution in [-0.2, 0) is 0 Å². The first kappa shape index (κ1) is 14.2. The summed E-state index contributed by atoms with van der Waals surface area (Å²) in [7, 11) is 0. The molecule has 0 saturated carbocycles. The second-order valence-electron chi connectivity index (χ2n) is 4.84. The molecule has 2 aromatic rings. The van der Waals surface area contributed by atoms with Gasteiger partial charge in [-0.05, 0) is 49.6 Å². The lowest BCUT2D eigenvalue weighted by Crippen LogP contribution is -1.92. The topological polar surface area (TPSA) is 12.4 Å². The molecule has 20 heavy (non-hydrogen) atoms. The quantitative estimate of drug-likeness (QED) is 0.661. The molecule has 0 spiro atoms. The molecule has 2 rings (SSSR count). The third-order valence-electron chi connectivity index (χ3n) is 3.38. The molecule has 0 aromatic heterocycles. The molecule has 0 N–H and O–H groups in total.